The number of sulfonamides is 1. The number of aromatic nitrogens is 2. The van der Waals surface area contributed by atoms with Crippen LogP contribution in [0.15, 0.2) is 28.0 Å². The van der Waals surface area contributed by atoms with Gasteiger partial charge in [-0.2, -0.15) is 5.10 Å². The van der Waals surface area contributed by atoms with Gasteiger partial charge >= 0.3 is 0 Å². The molecule has 0 aliphatic heterocycles. The zero-order valence-electron chi connectivity index (χ0n) is 15.1. The molecule has 0 spiro atoms. The highest BCUT2D eigenvalue weighted by Crippen LogP contribution is 2.25. The molecule has 1 N–H and O–H groups in total. The summed E-state index contributed by atoms with van der Waals surface area (Å²) < 4.78 is 26.9. The molecule has 1 heterocycles. The molecule has 2 aromatic rings. The first-order valence-electron chi connectivity index (χ1n) is 7.70. The van der Waals surface area contributed by atoms with Crippen LogP contribution in [0.5, 0.6) is 0 Å². The van der Waals surface area contributed by atoms with E-state index in [1.807, 2.05) is 0 Å². The van der Waals surface area contributed by atoms with Crippen LogP contribution in [0.2, 0.25) is 10.0 Å². The Bertz CT molecular complexity index is 1060. The van der Waals surface area contributed by atoms with Gasteiger partial charge in [0.25, 0.3) is 5.56 Å². The molecule has 27 heavy (non-hydrogen) atoms. The van der Waals surface area contributed by atoms with E-state index in [-0.39, 0.29) is 20.6 Å². The normalized spacial score (nSPS) is 11.7. The van der Waals surface area contributed by atoms with E-state index in [1.165, 1.54) is 20.2 Å². The predicted octanol–water partition coefficient (Wildman–Crippen LogP) is 2.06. The summed E-state index contributed by atoms with van der Waals surface area (Å²) in [5.74, 6) is -0.570. The highest BCUT2D eigenvalue weighted by Gasteiger charge is 2.22. The zero-order valence-corrected chi connectivity index (χ0v) is 17.4. The van der Waals surface area contributed by atoms with Crippen LogP contribution < -0.4 is 10.9 Å². The van der Waals surface area contributed by atoms with E-state index in [4.69, 9.17) is 23.2 Å². The molecular formula is C16H18Cl2N4O4S. The number of nitrogens with one attached hydrogen (secondary N) is 1. The largest absolute Gasteiger partial charge is 0.324 e. The fourth-order valence-electron chi connectivity index (χ4n) is 2.26. The fraction of sp³-hybridized carbons (Fsp3) is 0.312. The third-order valence-electron chi connectivity index (χ3n) is 3.90. The van der Waals surface area contributed by atoms with Crippen LogP contribution in [0.1, 0.15) is 11.1 Å². The molecule has 2 rings (SSSR count). The van der Waals surface area contributed by atoms with E-state index in [9.17, 15) is 18.0 Å². The minimum Gasteiger partial charge on any atom is -0.324 e. The van der Waals surface area contributed by atoms with Crippen LogP contribution in [0.3, 0.4) is 0 Å². The van der Waals surface area contributed by atoms with Crippen molar-refractivity contribution < 1.29 is 13.2 Å². The summed E-state index contributed by atoms with van der Waals surface area (Å²) >= 11 is 11.5. The Labute approximate surface area is 166 Å². The minimum atomic E-state index is -3.68. The van der Waals surface area contributed by atoms with Crippen molar-refractivity contribution in [1.82, 2.24) is 14.1 Å². The number of hydrogen-bond donors (Lipinski definition) is 1. The standard InChI is InChI=1S/C16H18Cl2N4O4S/c1-9-5-11(6-13(10(9)2)27(25,26)21(3)4)20-14(23)8-22-16(24)15(18)12(17)7-19-22/h5-7H,8H2,1-4H3,(H,20,23). The third-order valence-corrected chi connectivity index (χ3v) is 6.59. The molecular weight excluding hydrogens is 415 g/mol. The maximum Gasteiger partial charge on any atom is 0.287 e. The Morgan fingerprint density at radius 1 is 1.26 bits per heavy atom. The topological polar surface area (TPSA) is 101 Å². The molecule has 11 heteroatoms. The van der Waals surface area contributed by atoms with Crippen molar-refractivity contribution in [2.24, 2.45) is 0 Å². The monoisotopic (exact) mass is 432 g/mol. The number of anilines is 1. The molecule has 1 amide bonds. The fourth-order valence-corrected chi connectivity index (χ4v) is 3.75. The van der Waals surface area contributed by atoms with E-state index in [2.05, 4.69) is 10.4 Å². The molecule has 8 nitrogen and oxygen atoms in total. The number of amides is 1. The minimum absolute atomic E-state index is 0.00832. The molecule has 0 atom stereocenters. The summed E-state index contributed by atoms with van der Waals surface area (Å²) in [6, 6.07) is 3.02. The molecule has 0 saturated carbocycles. The summed E-state index contributed by atoms with van der Waals surface area (Å²) in [6.45, 7) is 3.03. The van der Waals surface area contributed by atoms with E-state index in [0.29, 0.717) is 11.1 Å². The Morgan fingerprint density at radius 3 is 2.48 bits per heavy atom. The average Bonchev–Trinajstić information content (AvgIpc) is 2.58. The lowest BCUT2D eigenvalue weighted by Crippen LogP contribution is -2.30. The zero-order chi connectivity index (χ0) is 20.5. The quantitative estimate of drug-likeness (QED) is 0.778. The van der Waals surface area contributed by atoms with Gasteiger partial charge < -0.3 is 5.32 Å². The predicted molar refractivity (Wildman–Crippen MR) is 104 cm³/mol. The lowest BCUT2D eigenvalue weighted by atomic mass is 10.1. The lowest BCUT2D eigenvalue weighted by molar-refractivity contribution is -0.117. The number of aryl methyl sites for hydroxylation is 1. The van der Waals surface area contributed by atoms with Gasteiger partial charge in [0.2, 0.25) is 15.9 Å². The molecule has 0 fully saturated rings. The van der Waals surface area contributed by atoms with Gasteiger partial charge in [-0.1, -0.05) is 23.2 Å². The Morgan fingerprint density at radius 2 is 1.89 bits per heavy atom. The van der Waals surface area contributed by atoms with Crippen molar-refractivity contribution in [2.75, 3.05) is 19.4 Å². The first kappa shape index (κ1) is 21.4. The SMILES string of the molecule is Cc1cc(NC(=O)Cn2ncc(Cl)c(Cl)c2=O)cc(S(=O)(=O)N(C)C)c1C. The van der Waals surface area contributed by atoms with Gasteiger partial charge in [0.05, 0.1) is 16.1 Å². The molecule has 0 radical (unpaired) electrons. The second-order valence-corrected chi connectivity index (χ2v) is 8.93. The van der Waals surface area contributed by atoms with Crippen LogP contribution >= 0.6 is 23.2 Å². The molecule has 0 aliphatic carbocycles. The Kier molecular flexibility index (Phi) is 6.31. The van der Waals surface area contributed by atoms with Crippen LogP contribution in [0.4, 0.5) is 5.69 Å². The maximum atomic E-state index is 12.5. The molecule has 0 saturated heterocycles. The van der Waals surface area contributed by atoms with Crippen LogP contribution in [0, 0.1) is 13.8 Å². The van der Waals surface area contributed by atoms with E-state index in [1.54, 1.807) is 19.9 Å². The van der Waals surface area contributed by atoms with Gasteiger partial charge in [-0.3, -0.25) is 9.59 Å². The summed E-state index contributed by atoms with van der Waals surface area (Å²) in [7, 11) is -0.825. The average molecular weight is 433 g/mol. The Hall–Kier alpha value is -1.94. The smallest absolute Gasteiger partial charge is 0.287 e. The second-order valence-electron chi connectivity index (χ2n) is 6.02. The summed E-state index contributed by atoms with van der Waals surface area (Å²) in [6.07, 6.45) is 1.16. The van der Waals surface area contributed by atoms with Gasteiger partial charge in [0.15, 0.2) is 0 Å². The Balaban J connectivity index is 2.33. The third kappa shape index (κ3) is 4.49. The first-order chi connectivity index (χ1) is 12.4. The van der Waals surface area contributed by atoms with E-state index in [0.717, 1.165) is 15.2 Å². The number of hydrogen-bond acceptors (Lipinski definition) is 5. The summed E-state index contributed by atoms with van der Waals surface area (Å²) in [5, 5.41) is 6.09. The molecule has 146 valence electrons. The van der Waals surface area contributed by atoms with Gasteiger partial charge in [-0.25, -0.2) is 17.4 Å². The van der Waals surface area contributed by atoms with Crippen LogP contribution in [-0.4, -0.2) is 42.5 Å². The number of carbonyl (C=O) groups excluding carboxylic acids is 1. The lowest BCUT2D eigenvalue weighted by Gasteiger charge is -2.17. The highest BCUT2D eigenvalue weighted by atomic mass is 35.5. The first-order valence-corrected chi connectivity index (χ1v) is 9.89. The summed E-state index contributed by atoms with van der Waals surface area (Å²) in [5.41, 5.74) is 0.869. The van der Waals surface area contributed by atoms with Crippen molar-refractivity contribution >= 4 is 44.8 Å². The van der Waals surface area contributed by atoms with Crippen molar-refractivity contribution in [2.45, 2.75) is 25.3 Å². The molecule has 0 aliphatic rings. The van der Waals surface area contributed by atoms with E-state index >= 15 is 0 Å². The molecule has 1 aromatic carbocycles. The number of benzene rings is 1. The molecule has 0 bridgehead atoms. The van der Waals surface area contributed by atoms with Crippen molar-refractivity contribution in [3.05, 3.63) is 49.9 Å². The molecule has 0 unspecified atom stereocenters. The maximum absolute atomic E-state index is 12.5. The van der Waals surface area contributed by atoms with Crippen LogP contribution in [-0.2, 0) is 21.4 Å². The highest BCUT2D eigenvalue weighted by molar-refractivity contribution is 7.89. The van der Waals surface area contributed by atoms with Crippen molar-refractivity contribution in [1.29, 1.82) is 0 Å². The van der Waals surface area contributed by atoms with Gasteiger partial charge in [-0.05, 0) is 37.1 Å². The number of nitrogens with zero attached hydrogens (tertiary/aromatic N) is 3. The van der Waals surface area contributed by atoms with Crippen molar-refractivity contribution in [3.8, 4) is 0 Å². The number of halogens is 2. The van der Waals surface area contributed by atoms with Crippen LogP contribution in [0.25, 0.3) is 0 Å². The number of carbonyl (C=O) groups is 1. The number of rotatable bonds is 5. The van der Waals surface area contributed by atoms with E-state index < -0.39 is 28.0 Å². The van der Waals surface area contributed by atoms with Gasteiger partial charge in [0.1, 0.15) is 11.6 Å². The summed E-state index contributed by atoms with van der Waals surface area (Å²) in [4.78, 5) is 24.3. The van der Waals surface area contributed by atoms with Gasteiger partial charge in [-0.15, -0.1) is 0 Å². The van der Waals surface area contributed by atoms with Crippen molar-refractivity contribution in [3.63, 3.8) is 0 Å². The second kappa shape index (κ2) is 7.97. The van der Waals surface area contributed by atoms with Gasteiger partial charge in [0, 0.05) is 19.8 Å². The molecule has 1 aromatic heterocycles.